The minimum atomic E-state index is -0.465. The largest absolute Gasteiger partial charge is 0.444 e. The van der Waals surface area contributed by atoms with Gasteiger partial charge in [-0.25, -0.2) is 4.79 Å². The van der Waals surface area contributed by atoms with Crippen LogP contribution in [0.5, 0.6) is 0 Å². The van der Waals surface area contributed by atoms with Crippen LogP contribution in [0.15, 0.2) is 18.3 Å². The van der Waals surface area contributed by atoms with Gasteiger partial charge in [-0.2, -0.15) is 5.10 Å². The van der Waals surface area contributed by atoms with E-state index in [2.05, 4.69) is 35.8 Å². The molecule has 23 heavy (non-hydrogen) atoms. The van der Waals surface area contributed by atoms with E-state index in [1.165, 1.54) is 5.56 Å². The molecule has 0 aliphatic carbocycles. The van der Waals surface area contributed by atoms with E-state index in [4.69, 9.17) is 4.74 Å². The first-order chi connectivity index (χ1) is 10.7. The molecule has 130 valence electrons. The quantitative estimate of drug-likeness (QED) is 0.598. The Morgan fingerprint density at radius 1 is 1.35 bits per heavy atom. The smallest absolute Gasteiger partial charge is 0.407 e. The van der Waals surface area contributed by atoms with Crippen LogP contribution in [-0.4, -0.2) is 34.6 Å². The number of nitrogens with zero attached hydrogens (tertiary/aromatic N) is 2. The summed E-state index contributed by atoms with van der Waals surface area (Å²) in [5.74, 6) is 0.418. The molecule has 0 aliphatic rings. The first kappa shape index (κ1) is 19.2. The fourth-order valence-corrected chi connectivity index (χ4v) is 2.09. The Kier molecular flexibility index (Phi) is 7.29. The molecule has 1 rings (SSSR count). The Bertz CT molecular complexity index is 527. The molecule has 0 atom stereocenters. The van der Waals surface area contributed by atoms with E-state index in [0.717, 1.165) is 18.8 Å². The number of nitrogens with one attached hydrogen (secondary N) is 2. The van der Waals surface area contributed by atoms with Crippen LogP contribution in [0.3, 0.4) is 0 Å². The molecule has 0 fully saturated rings. The molecule has 0 bridgehead atoms. The van der Waals surface area contributed by atoms with E-state index in [1.54, 1.807) is 0 Å². The minimum Gasteiger partial charge on any atom is -0.444 e. The Hall–Kier alpha value is -1.82. The maximum atomic E-state index is 11.4. The van der Waals surface area contributed by atoms with Gasteiger partial charge < -0.3 is 15.4 Å². The SMILES string of the molecule is CC(C)c1nn(C)cc1CNC/C=C/CNC(=O)OC(C)(C)C. The van der Waals surface area contributed by atoms with E-state index in [9.17, 15) is 4.79 Å². The number of carbonyl (C=O) groups excluding carboxylic acids is 1. The van der Waals surface area contributed by atoms with Gasteiger partial charge in [0, 0.05) is 38.4 Å². The van der Waals surface area contributed by atoms with E-state index >= 15 is 0 Å². The van der Waals surface area contributed by atoms with Crippen LogP contribution in [0.25, 0.3) is 0 Å². The maximum absolute atomic E-state index is 11.4. The number of rotatable bonds is 7. The lowest BCUT2D eigenvalue weighted by atomic mass is 10.1. The van der Waals surface area contributed by atoms with Crippen LogP contribution >= 0.6 is 0 Å². The zero-order valence-corrected chi connectivity index (χ0v) is 15.1. The zero-order valence-electron chi connectivity index (χ0n) is 15.1. The molecule has 0 aliphatic heterocycles. The van der Waals surface area contributed by atoms with Gasteiger partial charge >= 0.3 is 6.09 Å². The standard InChI is InChI=1S/C17H30N4O2/c1-13(2)15-14(12-21(6)20-15)11-18-9-7-8-10-19-16(22)23-17(3,4)5/h7-8,12-13,18H,9-11H2,1-6H3,(H,19,22)/b8-7+. The highest BCUT2D eigenvalue weighted by atomic mass is 16.6. The van der Waals surface area contributed by atoms with Crippen molar-refractivity contribution in [1.29, 1.82) is 0 Å². The highest BCUT2D eigenvalue weighted by Crippen LogP contribution is 2.16. The second-order valence-electron chi connectivity index (χ2n) is 6.85. The first-order valence-electron chi connectivity index (χ1n) is 8.04. The summed E-state index contributed by atoms with van der Waals surface area (Å²) in [6.07, 6.45) is 5.55. The number of hydrogen-bond acceptors (Lipinski definition) is 4. The lowest BCUT2D eigenvalue weighted by Gasteiger charge is -2.19. The van der Waals surface area contributed by atoms with Gasteiger partial charge in [0.2, 0.25) is 0 Å². The number of aryl methyl sites for hydroxylation is 1. The molecule has 0 unspecified atom stereocenters. The predicted molar refractivity (Wildman–Crippen MR) is 92.4 cm³/mol. The van der Waals surface area contributed by atoms with Gasteiger partial charge in [-0.05, 0) is 26.7 Å². The van der Waals surface area contributed by atoms with E-state index in [0.29, 0.717) is 12.5 Å². The van der Waals surface area contributed by atoms with Crippen molar-refractivity contribution in [2.75, 3.05) is 13.1 Å². The maximum Gasteiger partial charge on any atom is 0.407 e. The lowest BCUT2D eigenvalue weighted by Crippen LogP contribution is -2.32. The summed E-state index contributed by atoms with van der Waals surface area (Å²) in [6.45, 7) is 11.8. The van der Waals surface area contributed by atoms with E-state index in [1.807, 2.05) is 44.7 Å². The summed E-state index contributed by atoms with van der Waals surface area (Å²) in [5, 5.41) is 10.5. The van der Waals surface area contributed by atoms with Crippen molar-refractivity contribution in [2.45, 2.75) is 52.7 Å². The fraction of sp³-hybridized carbons (Fsp3) is 0.647. The topological polar surface area (TPSA) is 68.2 Å². The highest BCUT2D eigenvalue weighted by molar-refractivity contribution is 5.67. The third kappa shape index (κ3) is 7.83. The molecule has 1 aromatic heterocycles. The lowest BCUT2D eigenvalue weighted by molar-refractivity contribution is 0.0534. The summed E-state index contributed by atoms with van der Waals surface area (Å²) >= 11 is 0. The molecule has 1 aromatic rings. The Labute approximate surface area is 139 Å². The molecule has 0 spiro atoms. The molecule has 2 N–H and O–H groups in total. The van der Waals surface area contributed by atoms with Crippen molar-refractivity contribution in [2.24, 2.45) is 7.05 Å². The zero-order chi connectivity index (χ0) is 17.5. The Morgan fingerprint density at radius 2 is 2.00 bits per heavy atom. The van der Waals surface area contributed by atoms with Gasteiger partial charge in [0.05, 0.1) is 5.69 Å². The molecule has 0 saturated carbocycles. The number of aromatic nitrogens is 2. The second kappa shape index (κ2) is 8.72. The number of hydrogen-bond donors (Lipinski definition) is 2. The third-order valence-corrected chi connectivity index (χ3v) is 2.99. The molecular weight excluding hydrogens is 292 g/mol. The summed E-state index contributed by atoms with van der Waals surface area (Å²) in [7, 11) is 1.94. The number of amides is 1. The van der Waals surface area contributed by atoms with Gasteiger partial charge in [0.25, 0.3) is 0 Å². The fourth-order valence-electron chi connectivity index (χ4n) is 2.09. The Morgan fingerprint density at radius 3 is 2.61 bits per heavy atom. The molecular formula is C17H30N4O2. The van der Waals surface area contributed by atoms with Crippen molar-refractivity contribution in [1.82, 2.24) is 20.4 Å². The predicted octanol–water partition coefficient (Wildman–Crippen LogP) is 2.71. The average molecular weight is 322 g/mol. The van der Waals surface area contributed by atoms with Crippen LogP contribution in [-0.2, 0) is 18.3 Å². The molecule has 0 saturated heterocycles. The molecule has 6 nitrogen and oxygen atoms in total. The van der Waals surface area contributed by atoms with Crippen LogP contribution in [0.4, 0.5) is 4.79 Å². The summed E-state index contributed by atoms with van der Waals surface area (Å²) < 4.78 is 7.01. The molecule has 1 heterocycles. The third-order valence-electron chi connectivity index (χ3n) is 2.99. The first-order valence-corrected chi connectivity index (χ1v) is 8.04. The van der Waals surface area contributed by atoms with Crippen molar-refractivity contribution < 1.29 is 9.53 Å². The summed E-state index contributed by atoms with van der Waals surface area (Å²) in [5.41, 5.74) is 1.89. The van der Waals surface area contributed by atoms with Gasteiger partial charge in [-0.3, -0.25) is 4.68 Å². The van der Waals surface area contributed by atoms with Crippen molar-refractivity contribution in [3.05, 3.63) is 29.6 Å². The van der Waals surface area contributed by atoms with Crippen LogP contribution in [0, 0.1) is 0 Å². The summed E-state index contributed by atoms with van der Waals surface area (Å²) in [4.78, 5) is 11.4. The van der Waals surface area contributed by atoms with Gasteiger partial charge in [0.15, 0.2) is 0 Å². The van der Waals surface area contributed by atoms with E-state index in [-0.39, 0.29) is 0 Å². The molecule has 0 aromatic carbocycles. The van der Waals surface area contributed by atoms with Gasteiger partial charge in [-0.15, -0.1) is 0 Å². The highest BCUT2D eigenvalue weighted by Gasteiger charge is 2.15. The van der Waals surface area contributed by atoms with Crippen LogP contribution in [0.1, 0.15) is 51.8 Å². The van der Waals surface area contributed by atoms with E-state index < -0.39 is 11.7 Å². The molecule has 1 amide bonds. The minimum absolute atomic E-state index is 0.396. The number of ether oxygens (including phenoxy) is 1. The normalized spacial score (nSPS) is 12.1. The molecule has 0 radical (unpaired) electrons. The Balaban J connectivity index is 2.24. The van der Waals surface area contributed by atoms with Crippen molar-refractivity contribution in [3.63, 3.8) is 0 Å². The molecule has 6 heteroatoms. The number of alkyl carbamates (subject to hydrolysis) is 1. The van der Waals surface area contributed by atoms with Crippen molar-refractivity contribution >= 4 is 6.09 Å². The van der Waals surface area contributed by atoms with Crippen molar-refractivity contribution in [3.8, 4) is 0 Å². The van der Waals surface area contributed by atoms with Gasteiger partial charge in [-0.1, -0.05) is 26.0 Å². The monoisotopic (exact) mass is 322 g/mol. The summed E-state index contributed by atoms with van der Waals surface area (Å²) in [6, 6.07) is 0. The second-order valence-corrected chi connectivity index (χ2v) is 6.85. The van der Waals surface area contributed by atoms with Gasteiger partial charge in [0.1, 0.15) is 5.60 Å². The average Bonchev–Trinajstić information content (AvgIpc) is 2.77. The number of carbonyl (C=O) groups is 1. The van der Waals surface area contributed by atoms with Crippen LogP contribution in [0.2, 0.25) is 0 Å². The van der Waals surface area contributed by atoms with Crippen LogP contribution < -0.4 is 10.6 Å².